The van der Waals surface area contributed by atoms with Gasteiger partial charge in [-0.2, -0.15) is 0 Å². The van der Waals surface area contributed by atoms with Crippen LogP contribution in [0.3, 0.4) is 0 Å². The minimum Gasteiger partial charge on any atom is -0.468 e. The van der Waals surface area contributed by atoms with Crippen LogP contribution in [0.2, 0.25) is 0 Å². The smallest absolute Gasteiger partial charge is 0.326 e. The molecule has 0 amide bonds. The fourth-order valence-electron chi connectivity index (χ4n) is 2.80. The number of nitrogens with one attached hydrogen (secondary N) is 1. The first-order valence-electron chi connectivity index (χ1n) is 6.96. The summed E-state index contributed by atoms with van der Waals surface area (Å²) in [5, 5.41) is 4.68. The lowest BCUT2D eigenvalue weighted by Gasteiger charge is -2.38. The number of carbonyl (C=O) groups excluding carboxylic acids is 1. The van der Waals surface area contributed by atoms with Gasteiger partial charge in [0.2, 0.25) is 0 Å². The molecular weight excluding hydrogens is 274 g/mol. The van der Waals surface area contributed by atoms with E-state index in [0.29, 0.717) is 5.25 Å². The van der Waals surface area contributed by atoms with Gasteiger partial charge in [0, 0.05) is 11.4 Å². The zero-order valence-corrected chi connectivity index (χ0v) is 12.8. The number of rotatable bonds is 5. The van der Waals surface area contributed by atoms with E-state index in [2.05, 4.69) is 15.3 Å². The largest absolute Gasteiger partial charge is 0.468 e. The topological polar surface area (TPSA) is 64.1 Å². The van der Waals surface area contributed by atoms with E-state index in [1.165, 1.54) is 7.11 Å². The molecule has 0 bridgehead atoms. The number of nitrogens with zero attached hydrogens (tertiary/aromatic N) is 2. The van der Waals surface area contributed by atoms with E-state index in [4.69, 9.17) is 4.74 Å². The molecule has 6 heteroatoms. The Labute approximate surface area is 123 Å². The quantitative estimate of drug-likeness (QED) is 0.662. The van der Waals surface area contributed by atoms with Crippen molar-refractivity contribution in [1.82, 2.24) is 15.3 Å². The second-order valence-electron chi connectivity index (χ2n) is 4.99. The van der Waals surface area contributed by atoms with Gasteiger partial charge in [0.15, 0.2) is 0 Å². The van der Waals surface area contributed by atoms with E-state index in [9.17, 15) is 4.79 Å². The van der Waals surface area contributed by atoms with Crippen LogP contribution in [-0.4, -0.2) is 40.4 Å². The minimum atomic E-state index is -0.535. The number of hydrogen-bond donors (Lipinski definition) is 1. The summed E-state index contributed by atoms with van der Waals surface area (Å²) in [7, 11) is 1.46. The third-order valence-corrected chi connectivity index (χ3v) is 4.86. The highest BCUT2D eigenvalue weighted by atomic mass is 32.2. The predicted octanol–water partition coefficient (Wildman–Crippen LogP) is 2.03. The Kier molecular flexibility index (Phi) is 5.37. The van der Waals surface area contributed by atoms with Crippen molar-refractivity contribution in [1.29, 1.82) is 0 Å². The molecule has 2 atom stereocenters. The number of aromatic nitrogens is 2. The fourth-order valence-corrected chi connectivity index (χ4v) is 4.04. The normalized spacial score (nSPS) is 26.2. The Balaban J connectivity index is 2.07. The second kappa shape index (κ2) is 7.04. The average molecular weight is 295 g/mol. The number of methoxy groups -OCH3 is 1. The maximum Gasteiger partial charge on any atom is 0.326 e. The first kappa shape index (κ1) is 15.3. The molecule has 1 fully saturated rings. The molecule has 0 saturated heterocycles. The molecule has 1 aliphatic rings. The summed E-state index contributed by atoms with van der Waals surface area (Å²) < 4.78 is 5.01. The van der Waals surface area contributed by atoms with Gasteiger partial charge in [0.25, 0.3) is 0 Å². The maximum atomic E-state index is 12.2. The van der Waals surface area contributed by atoms with Crippen LogP contribution in [0.25, 0.3) is 0 Å². The average Bonchev–Trinajstić information content (AvgIpc) is 2.48. The summed E-state index contributed by atoms with van der Waals surface area (Å²) in [5.74, 6) is -0.146. The molecule has 0 aromatic carbocycles. The van der Waals surface area contributed by atoms with Crippen LogP contribution in [0.1, 0.15) is 32.6 Å². The summed E-state index contributed by atoms with van der Waals surface area (Å²) in [4.78, 5) is 20.3. The summed E-state index contributed by atoms with van der Waals surface area (Å²) in [5.41, 5.74) is -0.535. The first-order valence-corrected chi connectivity index (χ1v) is 7.84. The van der Waals surface area contributed by atoms with Crippen LogP contribution >= 0.6 is 11.8 Å². The third kappa shape index (κ3) is 3.49. The molecule has 0 aliphatic heterocycles. The minimum absolute atomic E-state index is 0.146. The number of ether oxygens (including phenoxy) is 1. The van der Waals surface area contributed by atoms with E-state index in [1.807, 2.05) is 13.0 Å². The SMILES string of the molecule is CCNC1(C(=O)OC)CCCC(Sc2ccncn2)C1. The third-order valence-electron chi connectivity index (χ3n) is 3.64. The van der Waals surface area contributed by atoms with E-state index >= 15 is 0 Å². The molecule has 1 heterocycles. The molecule has 2 rings (SSSR count). The van der Waals surface area contributed by atoms with Crippen LogP contribution in [-0.2, 0) is 9.53 Å². The van der Waals surface area contributed by atoms with Gasteiger partial charge in [-0.25, -0.2) is 9.97 Å². The van der Waals surface area contributed by atoms with Crippen molar-refractivity contribution in [3.63, 3.8) is 0 Å². The van der Waals surface area contributed by atoms with Crippen molar-refractivity contribution in [3.05, 3.63) is 18.6 Å². The summed E-state index contributed by atoms with van der Waals surface area (Å²) in [6, 6.07) is 1.91. The predicted molar refractivity (Wildman–Crippen MR) is 78.6 cm³/mol. The maximum absolute atomic E-state index is 12.2. The fraction of sp³-hybridized carbons (Fsp3) is 0.643. The molecule has 0 spiro atoms. The van der Waals surface area contributed by atoms with Crippen LogP contribution in [0.5, 0.6) is 0 Å². The molecule has 110 valence electrons. The first-order chi connectivity index (χ1) is 9.70. The Morgan fingerprint density at radius 2 is 2.50 bits per heavy atom. The van der Waals surface area contributed by atoms with E-state index in [0.717, 1.165) is 37.3 Å². The zero-order valence-electron chi connectivity index (χ0n) is 12.0. The number of hydrogen-bond acceptors (Lipinski definition) is 6. The van der Waals surface area contributed by atoms with Crippen molar-refractivity contribution in [2.45, 2.75) is 48.4 Å². The molecule has 20 heavy (non-hydrogen) atoms. The molecule has 1 N–H and O–H groups in total. The van der Waals surface area contributed by atoms with Gasteiger partial charge < -0.3 is 10.1 Å². The Bertz CT molecular complexity index is 439. The highest BCUT2D eigenvalue weighted by Gasteiger charge is 2.43. The number of likely N-dealkylation sites (N-methyl/N-ethyl adjacent to an activating group) is 1. The highest BCUT2D eigenvalue weighted by Crippen LogP contribution is 2.38. The van der Waals surface area contributed by atoms with E-state index in [-0.39, 0.29) is 5.97 Å². The molecule has 1 aliphatic carbocycles. The molecule has 1 aromatic rings. The molecule has 5 nitrogen and oxygen atoms in total. The standard InChI is InChI=1S/C14H21N3O2S/c1-3-17-14(13(18)19-2)7-4-5-11(9-14)20-12-6-8-15-10-16-12/h6,8,10-11,17H,3-5,7,9H2,1-2H3. The Hall–Kier alpha value is -1.14. The number of esters is 1. The second-order valence-corrected chi connectivity index (χ2v) is 6.31. The Morgan fingerprint density at radius 1 is 1.65 bits per heavy atom. The van der Waals surface area contributed by atoms with Gasteiger partial charge in [-0.05, 0) is 38.3 Å². The lowest BCUT2D eigenvalue weighted by molar-refractivity contribution is -0.150. The van der Waals surface area contributed by atoms with E-state index < -0.39 is 5.54 Å². The van der Waals surface area contributed by atoms with Gasteiger partial charge in [0.05, 0.1) is 12.1 Å². The molecule has 2 unspecified atom stereocenters. The summed E-state index contributed by atoms with van der Waals surface area (Å²) >= 11 is 1.72. The van der Waals surface area contributed by atoms with Crippen LogP contribution in [0.4, 0.5) is 0 Å². The van der Waals surface area contributed by atoms with Crippen molar-refractivity contribution < 1.29 is 9.53 Å². The van der Waals surface area contributed by atoms with Gasteiger partial charge in [-0.3, -0.25) is 4.79 Å². The van der Waals surface area contributed by atoms with Gasteiger partial charge in [-0.1, -0.05) is 6.92 Å². The van der Waals surface area contributed by atoms with Crippen molar-refractivity contribution in [3.8, 4) is 0 Å². The lowest BCUT2D eigenvalue weighted by atomic mass is 9.81. The summed E-state index contributed by atoms with van der Waals surface area (Å²) in [6.07, 6.45) is 7.04. The molecule has 0 radical (unpaired) electrons. The zero-order chi connectivity index (χ0) is 14.4. The van der Waals surface area contributed by atoms with Crippen molar-refractivity contribution in [2.75, 3.05) is 13.7 Å². The highest BCUT2D eigenvalue weighted by molar-refractivity contribution is 7.99. The lowest BCUT2D eigenvalue weighted by Crippen LogP contribution is -2.55. The number of thioether (sulfide) groups is 1. The Morgan fingerprint density at radius 3 is 3.15 bits per heavy atom. The molecular formula is C14H21N3O2S. The van der Waals surface area contributed by atoms with Gasteiger partial charge in [-0.15, -0.1) is 11.8 Å². The van der Waals surface area contributed by atoms with Crippen LogP contribution < -0.4 is 5.32 Å². The van der Waals surface area contributed by atoms with Gasteiger partial charge in [0.1, 0.15) is 11.9 Å². The van der Waals surface area contributed by atoms with Gasteiger partial charge >= 0.3 is 5.97 Å². The monoisotopic (exact) mass is 295 g/mol. The van der Waals surface area contributed by atoms with Crippen LogP contribution in [0, 0.1) is 0 Å². The van der Waals surface area contributed by atoms with Crippen LogP contribution in [0.15, 0.2) is 23.6 Å². The van der Waals surface area contributed by atoms with Crippen molar-refractivity contribution >= 4 is 17.7 Å². The van der Waals surface area contributed by atoms with Crippen molar-refractivity contribution in [2.24, 2.45) is 0 Å². The molecule has 1 saturated carbocycles. The number of carbonyl (C=O) groups is 1. The van der Waals surface area contributed by atoms with E-state index in [1.54, 1.807) is 24.3 Å². The summed E-state index contributed by atoms with van der Waals surface area (Å²) in [6.45, 7) is 2.78. The molecule has 1 aromatic heterocycles.